The Bertz CT molecular complexity index is 947. The number of hydrogen-bond acceptors (Lipinski definition) is 4. The van der Waals surface area contributed by atoms with Gasteiger partial charge in [0.05, 0.1) is 24.7 Å². The van der Waals surface area contributed by atoms with Gasteiger partial charge in [0.25, 0.3) is 0 Å². The fourth-order valence-corrected chi connectivity index (χ4v) is 3.49. The molecule has 0 aliphatic carbocycles. The van der Waals surface area contributed by atoms with Gasteiger partial charge in [0.15, 0.2) is 0 Å². The first-order valence-electron chi connectivity index (χ1n) is 9.39. The predicted molar refractivity (Wildman–Crippen MR) is 110 cm³/mol. The molecule has 0 aromatic heterocycles. The van der Waals surface area contributed by atoms with Crippen molar-refractivity contribution < 1.29 is 14.3 Å². The van der Waals surface area contributed by atoms with Crippen molar-refractivity contribution >= 4 is 17.5 Å². The number of amides is 2. The van der Waals surface area contributed by atoms with E-state index in [1.54, 1.807) is 53.3 Å². The van der Waals surface area contributed by atoms with Crippen molar-refractivity contribution in [2.45, 2.75) is 13.0 Å². The second kappa shape index (κ2) is 9.07. The maximum atomic E-state index is 13.1. The number of carbonyl (C=O) groups is 2. The van der Waals surface area contributed by atoms with Crippen molar-refractivity contribution in [3.8, 4) is 11.8 Å². The van der Waals surface area contributed by atoms with Crippen molar-refractivity contribution in [2.24, 2.45) is 5.92 Å². The van der Waals surface area contributed by atoms with E-state index in [0.29, 0.717) is 30.9 Å². The van der Waals surface area contributed by atoms with E-state index >= 15 is 0 Å². The van der Waals surface area contributed by atoms with Crippen molar-refractivity contribution in [1.82, 2.24) is 4.90 Å². The Morgan fingerprint density at radius 3 is 2.76 bits per heavy atom. The molecule has 2 amide bonds. The van der Waals surface area contributed by atoms with Crippen LogP contribution in [0.15, 0.2) is 61.2 Å². The summed E-state index contributed by atoms with van der Waals surface area (Å²) >= 11 is 0. The number of carbonyl (C=O) groups excluding carboxylic acids is 2. The molecule has 0 spiro atoms. The van der Waals surface area contributed by atoms with Gasteiger partial charge in [-0.15, -0.1) is 6.58 Å². The van der Waals surface area contributed by atoms with Crippen LogP contribution in [0.5, 0.6) is 5.75 Å². The van der Waals surface area contributed by atoms with E-state index in [1.807, 2.05) is 18.2 Å². The Labute approximate surface area is 170 Å². The lowest BCUT2D eigenvalue weighted by Gasteiger charge is -2.25. The van der Waals surface area contributed by atoms with Gasteiger partial charge in [-0.2, -0.15) is 5.26 Å². The van der Waals surface area contributed by atoms with Crippen molar-refractivity contribution in [1.29, 1.82) is 5.26 Å². The first-order valence-corrected chi connectivity index (χ1v) is 9.39. The first-order chi connectivity index (χ1) is 14.0. The maximum Gasteiger partial charge on any atom is 0.228 e. The highest BCUT2D eigenvalue weighted by Crippen LogP contribution is 2.28. The summed E-state index contributed by atoms with van der Waals surface area (Å²) in [7, 11) is 1.59. The van der Waals surface area contributed by atoms with Crippen molar-refractivity contribution in [2.75, 3.05) is 25.1 Å². The highest BCUT2D eigenvalue weighted by Gasteiger charge is 2.37. The standard InChI is InChI=1S/C23H23N3O3/c1-3-11-25(15-18-6-4-5-17(12-18)14-24)23(28)19-13-22(27)26(16-19)20-7-9-21(29-2)10-8-20/h3-10,12,19H,1,11,13,15-16H2,2H3. The molecular formula is C23H23N3O3. The molecule has 148 valence electrons. The largest absolute Gasteiger partial charge is 0.497 e. The molecule has 1 saturated heterocycles. The second-order valence-corrected chi connectivity index (χ2v) is 6.92. The molecular weight excluding hydrogens is 366 g/mol. The van der Waals surface area contributed by atoms with E-state index in [1.165, 1.54) is 0 Å². The van der Waals surface area contributed by atoms with E-state index in [9.17, 15) is 9.59 Å². The molecule has 0 saturated carbocycles. The number of nitrogens with zero attached hydrogens (tertiary/aromatic N) is 3. The van der Waals surface area contributed by atoms with Gasteiger partial charge in [-0.25, -0.2) is 0 Å². The smallest absolute Gasteiger partial charge is 0.228 e. The van der Waals surface area contributed by atoms with Crippen LogP contribution in [0, 0.1) is 17.2 Å². The minimum Gasteiger partial charge on any atom is -0.497 e. The zero-order chi connectivity index (χ0) is 20.8. The summed E-state index contributed by atoms with van der Waals surface area (Å²) in [6.45, 7) is 4.83. The molecule has 1 heterocycles. The lowest BCUT2D eigenvalue weighted by Crippen LogP contribution is -2.37. The molecule has 2 aromatic carbocycles. The average molecular weight is 389 g/mol. The van der Waals surface area contributed by atoms with Crippen LogP contribution in [-0.4, -0.2) is 36.9 Å². The number of ether oxygens (including phenoxy) is 1. The molecule has 1 unspecified atom stereocenters. The van der Waals surface area contributed by atoms with Gasteiger partial charge < -0.3 is 14.5 Å². The topological polar surface area (TPSA) is 73.6 Å². The van der Waals surface area contributed by atoms with Crippen LogP contribution >= 0.6 is 0 Å². The van der Waals surface area contributed by atoms with Crippen LogP contribution in [0.1, 0.15) is 17.5 Å². The van der Waals surface area contributed by atoms with E-state index < -0.39 is 5.92 Å². The van der Waals surface area contributed by atoms with Gasteiger partial charge >= 0.3 is 0 Å². The minimum atomic E-state index is -0.413. The summed E-state index contributed by atoms with van der Waals surface area (Å²) in [6.07, 6.45) is 1.85. The first kappa shape index (κ1) is 20.2. The van der Waals surface area contributed by atoms with E-state index in [2.05, 4.69) is 12.6 Å². The number of methoxy groups -OCH3 is 1. The van der Waals surface area contributed by atoms with Crippen LogP contribution in [0.4, 0.5) is 5.69 Å². The Balaban J connectivity index is 1.73. The fourth-order valence-electron chi connectivity index (χ4n) is 3.49. The van der Waals surface area contributed by atoms with E-state index in [4.69, 9.17) is 10.00 Å². The highest BCUT2D eigenvalue weighted by atomic mass is 16.5. The molecule has 6 heteroatoms. The Kier molecular flexibility index (Phi) is 6.30. The lowest BCUT2D eigenvalue weighted by atomic mass is 10.1. The molecule has 1 aliphatic heterocycles. The molecule has 29 heavy (non-hydrogen) atoms. The van der Waals surface area contributed by atoms with Crippen LogP contribution in [0.2, 0.25) is 0 Å². The van der Waals surface area contributed by atoms with Gasteiger partial charge in [-0.1, -0.05) is 18.2 Å². The molecule has 2 aromatic rings. The van der Waals surface area contributed by atoms with Crippen LogP contribution < -0.4 is 9.64 Å². The minimum absolute atomic E-state index is 0.0708. The number of nitriles is 1. The van der Waals surface area contributed by atoms with Crippen molar-refractivity contribution in [3.05, 3.63) is 72.3 Å². The summed E-state index contributed by atoms with van der Waals surface area (Å²) in [5.74, 6) is 0.142. The molecule has 0 radical (unpaired) electrons. The third kappa shape index (κ3) is 4.64. The molecule has 1 fully saturated rings. The van der Waals surface area contributed by atoms with Crippen LogP contribution in [0.25, 0.3) is 0 Å². The van der Waals surface area contributed by atoms with Gasteiger partial charge in [-0.05, 0) is 42.0 Å². The van der Waals surface area contributed by atoms with Gasteiger partial charge in [-0.3, -0.25) is 9.59 Å². The monoisotopic (exact) mass is 389 g/mol. The molecule has 3 rings (SSSR count). The Hall–Kier alpha value is -3.59. The molecule has 0 N–H and O–H groups in total. The Morgan fingerprint density at radius 2 is 2.10 bits per heavy atom. The normalized spacial score (nSPS) is 15.7. The fraction of sp³-hybridized carbons (Fsp3) is 0.261. The summed E-state index contributed by atoms with van der Waals surface area (Å²) in [4.78, 5) is 29.0. The summed E-state index contributed by atoms with van der Waals surface area (Å²) in [5.41, 5.74) is 2.17. The van der Waals surface area contributed by atoms with Crippen molar-refractivity contribution in [3.63, 3.8) is 0 Å². The zero-order valence-electron chi connectivity index (χ0n) is 16.4. The summed E-state index contributed by atoms with van der Waals surface area (Å²) in [5, 5.41) is 9.08. The molecule has 6 nitrogen and oxygen atoms in total. The number of benzene rings is 2. The highest BCUT2D eigenvalue weighted by molar-refractivity contribution is 6.00. The number of anilines is 1. The second-order valence-electron chi connectivity index (χ2n) is 6.92. The molecule has 1 atom stereocenters. The van der Waals surface area contributed by atoms with E-state index in [-0.39, 0.29) is 18.2 Å². The Morgan fingerprint density at radius 1 is 1.34 bits per heavy atom. The maximum absolute atomic E-state index is 13.1. The zero-order valence-corrected chi connectivity index (χ0v) is 16.4. The van der Waals surface area contributed by atoms with Crippen LogP contribution in [0.3, 0.4) is 0 Å². The summed E-state index contributed by atoms with van der Waals surface area (Å²) in [6, 6.07) is 16.5. The number of hydrogen-bond donors (Lipinski definition) is 0. The molecule has 0 bridgehead atoms. The number of rotatable bonds is 7. The van der Waals surface area contributed by atoms with Gasteiger partial charge in [0.2, 0.25) is 11.8 Å². The van der Waals surface area contributed by atoms with Gasteiger partial charge in [0, 0.05) is 31.7 Å². The third-order valence-corrected chi connectivity index (χ3v) is 4.95. The predicted octanol–water partition coefficient (Wildman–Crippen LogP) is 3.13. The van der Waals surface area contributed by atoms with E-state index in [0.717, 1.165) is 11.3 Å². The molecule has 1 aliphatic rings. The van der Waals surface area contributed by atoms with Crippen LogP contribution in [-0.2, 0) is 16.1 Å². The summed E-state index contributed by atoms with van der Waals surface area (Å²) < 4.78 is 5.16. The average Bonchev–Trinajstić information content (AvgIpc) is 3.14. The lowest BCUT2D eigenvalue weighted by molar-refractivity contribution is -0.135. The quantitative estimate of drug-likeness (QED) is 0.682. The van der Waals surface area contributed by atoms with Gasteiger partial charge in [0.1, 0.15) is 5.75 Å². The SMILES string of the molecule is C=CCN(Cc1cccc(C#N)c1)C(=O)C1CC(=O)N(c2ccc(OC)cc2)C1. The third-order valence-electron chi connectivity index (χ3n) is 4.95.